The standard InChI is InChI=1S/C16H24N2O5/c1-15(2,3)23-16(17-10-19,13(20)14(21)22)11-6-8-12(9-7-11)18(4)5/h6-10,13,20H,1-5H3,(H,17,19)(H,21,22)/t13-,16-/m0/s1. The molecule has 0 unspecified atom stereocenters. The van der Waals surface area contributed by atoms with Gasteiger partial charge < -0.3 is 25.2 Å². The van der Waals surface area contributed by atoms with Crippen molar-refractivity contribution in [3.8, 4) is 0 Å². The van der Waals surface area contributed by atoms with Gasteiger partial charge in [-0.2, -0.15) is 0 Å². The van der Waals surface area contributed by atoms with Gasteiger partial charge in [0.1, 0.15) is 0 Å². The first-order valence-corrected chi connectivity index (χ1v) is 7.14. The number of nitrogens with zero attached hydrogens (tertiary/aromatic N) is 1. The van der Waals surface area contributed by atoms with Crippen LogP contribution in [-0.2, 0) is 20.1 Å². The van der Waals surface area contributed by atoms with Crippen molar-refractivity contribution >= 4 is 18.1 Å². The van der Waals surface area contributed by atoms with Gasteiger partial charge in [-0.25, -0.2) is 4.79 Å². The van der Waals surface area contributed by atoms with Crippen molar-refractivity contribution < 1.29 is 24.5 Å². The van der Waals surface area contributed by atoms with E-state index in [9.17, 15) is 19.8 Å². The number of aliphatic carboxylic acids is 1. The number of ether oxygens (including phenoxy) is 1. The third kappa shape index (κ3) is 4.43. The van der Waals surface area contributed by atoms with Crippen LogP contribution in [0.4, 0.5) is 5.69 Å². The van der Waals surface area contributed by atoms with Crippen LogP contribution in [0.2, 0.25) is 0 Å². The van der Waals surface area contributed by atoms with E-state index in [-0.39, 0.29) is 0 Å². The lowest BCUT2D eigenvalue weighted by Crippen LogP contribution is -2.59. The fourth-order valence-corrected chi connectivity index (χ4v) is 2.22. The Morgan fingerprint density at radius 2 is 1.78 bits per heavy atom. The molecule has 7 heteroatoms. The fraction of sp³-hybridized carbons (Fsp3) is 0.500. The van der Waals surface area contributed by atoms with Crippen LogP contribution in [0.15, 0.2) is 24.3 Å². The average molecular weight is 324 g/mol. The molecule has 0 saturated carbocycles. The van der Waals surface area contributed by atoms with Crippen molar-refractivity contribution in [2.24, 2.45) is 0 Å². The molecule has 0 aromatic heterocycles. The number of carbonyl (C=O) groups is 2. The Morgan fingerprint density at radius 3 is 2.13 bits per heavy atom. The Bertz CT molecular complexity index is 551. The number of carboxylic acid groups (broad SMARTS) is 1. The number of aliphatic hydroxyl groups excluding tert-OH is 1. The van der Waals surface area contributed by atoms with Crippen LogP contribution >= 0.6 is 0 Å². The lowest BCUT2D eigenvalue weighted by molar-refractivity contribution is -0.214. The van der Waals surface area contributed by atoms with Gasteiger partial charge in [0.25, 0.3) is 0 Å². The minimum absolute atomic E-state index is 0.317. The van der Waals surface area contributed by atoms with Gasteiger partial charge in [-0.05, 0) is 32.9 Å². The van der Waals surface area contributed by atoms with E-state index in [1.54, 1.807) is 45.0 Å². The molecule has 0 aliphatic rings. The van der Waals surface area contributed by atoms with E-state index in [0.29, 0.717) is 12.0 Å². The number of aliphatic hydroxyl groups is 1. The summed E-state index contributed by atoms with van der Waals surface area (Å²) in [7, 11) is 3.73. The summed E-state index contributed by atoms with van der Waals surface area (Å²) in [6, 6.07) is 6.72. The summed E-state index contributed by atoms with van der Waals surface area (Å²) in [6.07, 6.45) is -1.66. The molecule has 23 heavy (non-hydrogen) atoms. The second kappa shape index (κ2) is 6.97. The fourth-order valence-electron chi connectivity index (χ4n) is 2.22. The lowest BCUT2D eigenvalue weighted by atomic mass is 9.94. The SMILES string of the molecule is CN(C)c1ccc([C@](NC=O)(OC(C)(C)C)[C@@H](O)C(=O)O)cc1. The molecule has 0 bridgehead atoms. The molecular formula is C16H24N2O5. The largest absolute Gasteiger partial charge is 0.479 e. The maximum Gasteiger partial charge on any atom is 0.338 e. The molecule has 3 N–H and O–H groups in total. The molecule has 0 saturated heterocycles. The molecule has 1 amide bonds. The zero-order chi connectivity index (χ0) is 17.8. The van der Waals surface area contributed by atoms with Crippen molar-refractivity contribution in [1.29, 1.82) is 0 Å². The van der Waals surface area contributed by atoms with Gasteiger partial charge in [-0.1, -0.05) is 12.1 Å². The molecule has 1 rings (SSSR count). The van der Waals surface area contributed by atoms with Gasteiger partial charge in [0, 0.05) is 25.3 Å². The molecule has 0 spiro atoms. The average Bonchev–Trinajstić information content (AvgIpc) is 2.44. The monoisotopic (exact) mass is 324 g/mol. The molecule has 128 valence electrons. The van der Waals surface area contributed by atoms with Gasteiger partial charge in [-0.15, -0.1) is 0 Å². The third-order valence-corrected chi connectivity index (χ3v) is 3.17. The van der Waals surface area contributed by atoms with E-state index >= 15 is 0 Å². The Kier molecular flexibility index (Phi) is 5.74. The number of amides is 1. The second-order valence-corrected chi connectivity index (χ2v) is 6.39. The van der Waals surface area contributed by atoms with Crippen molar-refractivity contribution in [2.45, 2.75) is 38.2 Å². The Balaban J connectivity index is 3.46. The number of hydrogen-bond acceptors (Lipinski definition) is 5. The third-order valence-electron chi connectivity index (χ3n) is 3.17. The quantitative estimate of drug-likeness (QED) is 0.509. The number of carbonyl (C=O) groups excluding carboxylic acids is 1. The normalized spacial score (nSPS) is 15.4. The number of anilines is 1. The van der Waals surface area contributed by atoms with Gasteiger partial charge in [0.05, 0.1) is 5.60 Å². The van der Waals surface area contributed by atoms with Crippen LogP contribution in [0.1, 0.15) is 26.3 Å². The molecule has 1 aromatic rings. The molecule has 1 aromatic carbocycles. The van der Waals surface area contributed by atoms with Crippen LogP contribution in [0.5, 0.6) is 0 Å². The van der Waals surface area contributed by atoms with E-state index in [0.717, 1.165) is 5.69 Å². The summed E-state index contributed by atoms with van der Waals surface area (Å²) in [5.41, 5.74) is -1.49. The summed E-state index contributed by atoms with van der Waals surface area (Å²) < 4.78 is 5.79. The first-order valence-electron chi connectivity index (χ1n) is 7.14. The smallest absolute Gasteiger partial charge is 0.338 e. The van der Waals surface area contributed by atoms with Crippen LogP contribution in [0, 0.1) is 0 Å². The number of rotatable bonds is 7. The summed E-state index contributed by atoms with van der Waals surface area (Å²) in [4.78, 5) is 24.3. The highest BCUT2D eigenvalue weighted by Crippen LogP contribution is 2.33. The van der Waals surface area contributed by atoms with E-state index < -0.39 is 23.4 Å². The highest BCUT2D eigenvalue weighted by atomic mass is 16.6. The molecule has 2 atom stereocenters. The maximum absolute atomic E-state index is 11.4. The maximum atomic E-state index is 11.4. The number of nitrogens with one attached hydrogen (secondary N) is 1. The van der Waals surface area contributed by atoms with Crippen molar-refractivity contribution in [3.05, 3.63) is 29.8 Å². The van der Waals surface area contributed by atoms with Gasteiger partial charge in [-0.3, -0.25) is 4.79 Å². The zero-order valence-corrected chi connectivity index (χ0v) is 14.0. The predicted octanol–water partition coefficient (Wildman–Crippen LogP) is 0.912. The van der Waals surface area contributed by atoms with Crippen molar-refractivity contribution in [3.63, 3.8) is 0 Å². The Hall–Kier alpha value is -2.12. The number of carboxylic acids is 1. The molecule has 0 radical (unpaired) electrons. The predicted molar refractivity (Wildman–Crippen MR) is 86.1 cm³/mol. The lowest BCUT2D eigenvalue weighted by Gasteiger charge is -2.41. The minimum atomic E-state index is -1.97. The van der Waals surface area contributed by atoms with Crippen LogP contribution in [-0.4, -0.2) is 48.4 Å². The summed E-state index contributed by atoms with van der Waals surface area (Å²) >= 11 is 0. The Morgan fingerprint density at radius 1 is 1.26 bits per heavy atom. The van der Waals surface area contributed by atoms with Gasteiger partial charge in [0.2, 0.25) is 18.2 Å². The molecule has 0 fully saturated rings. The highest BCUT2D eigenvalue weighted by Gasteiger charge is 2.47. The van der Waals surface area contributed by atoms with Crippen LogP contribution in [0.3, 0.4) is 0 Å². The molecule has 0 aliphatic carbocycles. The van der Waals surface area contributed by atoms with Crippen LogP contribution < -0.4 is 10.2 Å². The Labute approximate surface area is 135 Å². The molecule has 0 aliphatic heterocycles. The number of benzene rings is 1. The van der Waals surface area contributed by atoms with E-state index in [1.807, 2.05) is 19.0 Å². The molecule has 7 nitrogen and oxygen atoms in total. The first-order chi connectivity index (χ1) is 10.5. The van der Waals surface area contributed by atoms with Crippen molar-refractivity contribution in [1.82, 2.24) is 5.32 Å². The minimum Gasteiger partial charge on any atom is -0.479 e. The van der Waals surface area contributed by atoms with E-state index in [1.165, 1.54) is 0 Å². The molecular weight excluding hydrogens is 300 g/mol. The first kappa shape index (κ1) is 18.9. The zero-order valence-electron chi connectivity index (χ0n) is 14.0. The summed E-state index contributed by atoms with van der Waals surface area (Å²) in [5.74, 6) is -1.50. The number of hydrogen-bond donors (Lipinski definition) is 3. The van der Waals surface area contributed by atoms with Gasteiger partial charge >= 0.3 is 5.97 Å². The summed E-state index contributed by atoms with van der Waals surface area (Å²) in [5, 5.41) is 21.8. The topological polar surface area (TPSA) is 99.1 Å². The summed E-state index contributed by atoms with van der Waals surface area (Å²) in [6.45, 7) is 5.12. The van der Waals surface area contributed by atoms with Gasteiger partial charge in [0.15, 0.2) is 0 Å². The molecule has 0 heterocycles. The van der Waals surface area contributed by atoms with Crippen LogP contribution in [0.25, 0.3) is 0 Å². The van der Waals surface area contributed by atoms with E-state index in [4.69, 9.17) is 4.74 Å². The second-order valence-electron chi connectivity index (χ2n) is 6.39. The highest BCUT2D eigenvalue weighted by molar-refractivity contribution is 5.75. The van der Waals surface area contributed by atoms with Crippen molar-refractivity contribution in [2.75, 3.05) is 19.0 Å². The van der Waals surface area contributed by atoms with E-state index in [2.05, 4.69) is 5.32 Å².